The summed E-state index contributed by atoms with van der Waals surface area (Å²) in [5, 5.41) is 0. The molecule has 0 aliphatic heterocycles. The molecule has 0 heterocycles. The summed E-state index contributed by atoms with van der Waals surface area (Å²) in [7, 11) is 1.37. The van der Waals surface area contributed by atoms with Gasteiger partial charge in [0.05, 0.1) is 7.11 Å². The van der Waals surface area contributed by atoms with E-state index in [9.17, 15) is 8.78 Å². The van der Waals surface area contributed by atoms with E-state index in [1.54, 1.807) is 0 Å². The first kappa shape index (κ1) is 15.4. The first-order valence-corrected chi connectivity index (χ1v) is 6.92. The maximum absolute atomic E-state index is 14.2. The fourth-order valence-corrected chi connectivity index (χ4v) is 2.60. The Hall–Kier alpha value is -1.94. The van der Waals surface area contributed by atoms with Gasteiger partial charge in [0, 0.05) is 29.7 Å². The van der Waals surface area contributed by atoms with Gasteiger partial charge in [0.2, 0.25) is 0 Å². The van der Waals surface area contributed by atoms with Crippen molar-refractivity contribution in [3.63, 3.8) is 0 Å². The Morgan fingerprint density at radius 1 is 1.10 bits per heavy atom. The Kier molecular flexibility index (Phi) is 4.91. The van der Waals surface area contributed by atoms with E-state index in [1.807, 2.05) is 37.3 Å². The molecule has 21 heavy (non-hydrogen) atoms. The first-order chi connectivity index (χ1) is 10.1. The lowest BCUT2D eigenvalue weighted by Crippen LogP contribution is -2.22. The van der Waals surface area contributed by atoms with Crippen molar-refractivity contribution in [1.29, 1.82) is 0 Å². The Balaban J connectivity index is 2.41. The number of halogens is 2. The van der Waals surface area contributed by atoms with Crippen molar-refractivity contribution in [2.24, 2.45) is 5.73 Å². The fourth-order valence-electron chi connectivity index (χ4n) is 2.60. The van der Waals surface area contributed by atoms with Crippen LogP contribution in [-0.4, -0.2) is 7.11 Å². The van der Waals surface area contributed by atoms with Gasteiger partial charge in [-0.1, -0.05) is 37.3 Å². The number of rotatable bonds is 5. The molecule has 0 saturated carbocycles. The lowest BCUT2D eigenvalue weighted by molar-refractivity contribution is 0.401. The summed E-state index contributed by atoms with van der Waals surface area (Å²) in [6.07, 6.45) is 0.691. The Morgan fingerprint density at radius 2 is 1.67 bits per heavy atom. The van der Waals surface area contributed by atoms with Crippen LogP contribution in [0.1, 0.15) is 36.4 Å². The van der Waals surface area contributed by atoms with E-state index in [0.717, 1.165) is 17.7 Å². The minimum atomic E-state index is -0.747. The van der Waals surface area contributed by atoms with Crippen LogP contribution in [0, 0.1) is 11.6 Å². The highest BCUT2D eigenvalue weighted by molar-refractivity contribution is 5.35. The number of methoxy groups -OCH3 is 1. The molecule has 0 fully saturated rings. The minimum absolute atomic E-state index is 0.0912. The normalized spacial score (nSPS) is 13.8. The van der Waals surface area contributed by atoms with Crippen molar-refractivity contribution in [3.05, 3.63) is 65.2 Å². The van der Waals surface area contributed by atoms with Crippen LogP contribution in [-0.2, 0) is 0 Å². The largest absolute Gasteiger partial charge is 0.497 e. The van der Waals surface area contributed by atoms with Crippen molar-refractivity contribution in [2.45, 2.75) is 25.3 Å². The molecule has 4 heteroatoms. The highest BCUT2D eigenvalue weighted by atomic mass is 19.1. The predicted molar refractivity (Wildman–Crippen MR) is 79.3 cm³/mol. The smallest absolute Gasteiger partial charge is 0.134 e. The van der Waals surface area contributed by atoms with Gasteiger partial charge in [-0.05, 0) is 12.0 Å². The Labute approximate surface area is 123 Å². The van der Waals surface area contributed by atoms with Gasteiger partial charge in [-0.25, -0.2) is 8.78 Å². The van der Waals surface area contributed by atoms with Gasteiger partial charge < -0.3 is 10.5 Å². The van der Waals surface area contributed by atoms with Crippen molar-refractivity contribution < 1.29 is 13.5 Å². The van der Waals surface area contributed by atoms with Gasteiger partial charge >= 0.3 is 0 Å². The number of benzene rings is 2. The SMILES string of the molecule is CCC(c1ccccc1)C(N)c1c(F)cc(OC)cc1F. The molecule has 2 aromatic carbocycles. The van der Waals surface area contributed by atoms with E-state index >= 15 is 0 Å². The molecule has 112 valence electrons. The van der Waals surface area contributed by atoms with Gasteiger partial charge in [-0.3, -0.25) is 0 Å². The first-order valence-electron chi connectivity index (χ1n) is 6.92. The van der Waals surface area contributed by atoms with Gasteiger partial charge in [0.25, 0.3) is 0 Å². The summed E-state index contributed by atoms with van der Waals surface area (Å²) >= 11 is 0. The highest BCUT2D eigenvalue weighted by Gasteiger charge is 2.26. The Morgan fingerprint density at radius 3 is 2.14 bits per heavy atom. The van der Waals surface area contributed by atoms with Crippen LogP contribution < -0.4 is 10.5 Å². The topological polar surface area (TPSA) is 35.2 Å². The Bertz CT molecular complexity index is 578. The molecule has 2 unspecified atom stereocenters. The molecule has 2 aromatic rings. The average Bonchev–Trinajstić information content (AvgIpc) is 2.48. The minimum Gasteiger partial charge on any atom is -0.497 e. The van der Waals surface area contributed by atoms with E-state index in [2.05, 4.69) is 0 Å². The summed E-state index contributed by atoms with van der Waals surface area (Å²) in [6, 6.07) is 11.1. The second-order valence-electron chi connectivity index (χ2n) is 4.96. The second-order valence-corrected chi connectivity index (χ2v) is 4.96. The molecule has 2 N–H and O–H groups in total. The molecule has 2 nitrogen and oxygen atoms in total. The highest BCUT2D eigenvalue weighted by Crippen LogP contribution is 2.35. The number of nitrogens with two attached hydrogens (primary N) is 1. The lowest BCUT2D eigenvalue weighted by atomic mass is 9.85. The zero-order chi connectivity index (χ0) is 15.4. The van der Waals surface area contributed by atoms with Crippen LogP contribution >= 0.6 is 0 Å². The monoisotopic (exact) mass is 291 g/mol. The van der Waals surface area contributed by atoms with Crippen LogP contribution in [0.15, 0.2) is 42.5 Å². The van der Waals surface area contributed by atoms with Crippen LogP contribution in [0.2, 0.25) is 0 Å². The summed E-state index contributed by atoms with van der Waals surface area (Å²) in [5.74, 6) is -1.35. The molecule has 0 aliphatic carbocycles. The van der Waals surface area contributed by atoms with E-state index < -0.39 is 17.7 Å². The van der Waals surface area contributed by atoms with E-state index in [1.165, 1.54) is 7.11 Å². The molecule has 0 aromatic heterocycles. The van der Waals surface area contributed by atoms with Crippen molar-refractivity contribution in [3.8, 4) is 5.75 Å². The van der Waals surface area contributed by atoms with Crippen molar-refractivity contribution in [1.82, 2.24) is 0 Å². The number of hydrogen-bond acceptors (Lipinski definition) is 2. The third-order valence-electron chi connectivity index (χ3n) is 3.72. The molecule has 0 amide bonds. The van der Waals surface area contributed by atoms with Crippen molar-refractivity contribution in [2.75, 3.05) is 7.11 Å². The van der Waals surface area contributed by atoms with Gasteiger partial charge in [-0.2, -0.15) is 0 Å². The van der Waals surface area contributed by atoms with Gasteiger partial charge in [-0.15, -0.1) is 0 Å². The summed E-state index contributed by atoms with van der Waals surface area (Å²) < 4.78 is 33.2. The van der Waals surface area contributed by atoms with Gasteiger partial charge in [0.1, 0.15) is 17.4 Å². The summed E-state index contributed by atoms with van der Waals surface area (Å²) in [6.45, 7) is 1.96. The summed E-state index contributed by atoms with van der Waals surface area (Å²) in [5.41, 5.74) is 7.04. The average molecular weight is 291 g/mol. The van der Waals surface area contributed by atoms with Gasteiger partial charge in [0.15, 0.2) is 0 Å². The maximum Gasteiger partial charge on any atom is 0.134 e. The summed E-state index contributed by atoms with van der Waals surface area (Å²) in [4.78, 5) is 0. The van der Waals surface area contributed by atoms with Crippen LogP contribution in [0.5, 0.6) is 5.75 Å². The molecule has 0 saturated heterocycles. The zero-order valence-electron chi connectivity index (χ0n) is 12.1. The number of hydrogen-bond donors (Lipinski definition) is 1. The molecule has 0 radical (unpaired) electrons. The molecular weight excluding hydrogens is 272 g/mol. The van der Waals surface area contributed by atoms with Crippen molar-refractivity contribution >= 4 is 0 Å². The van der Waals surface area contributed by atoms with Crippen LogP contribution in [0.3, 0.4) is 0 Å². The molecule has 2 atom stereocenters. The number of ether oxygens (including phenoxy) is 1. The molecule has 0 spiro atoms. The molecular formula is C17H19F2NO. The third-order valence-corrected chi connectivity index (χ3v) is 3.72. The molecule has 0 bridgehead atoms. The molecule has 2 rings (SSSR count). The van der Waals surface area contributed by atoms with Crippen LogP contribution in [0.4, 0.5) is 8.78 Å². The zero-order valence-corrected chi connectivity index (χ0v) is 12.1. The fraction of sp³-hybridized carbons (Fsp3) is 0.294. The standard InChI is InChI=1S/C17H19F2NO/c1-3-13(11-7-5-4-6-8-11)17(20)16-14(18)9-12(21-2)10-15(16)19/h4-10,13,17H,3,20H2,1-2H3. The maximum atomic E-state index is 14.2. The van der Waals surface area contributed by atoms with E-state index in [-0.39, 0.29) is 17.2 Å². The van der Waals surface area contributed by atoms with E-state index in [4.69, 9.17) is 10.5 Å². The molecule has 0 aliphatic rings. The predicted octanol–water partition coefficient (Wildman–Crippen LogP) is 4.17. The quantitative estimate of drug-likeness (QED) is 0.897. The van der Waals surface area contributed by atoms with Crippen LogP contribution in [0.25, 0.3) is 0 Å². The lowest BCUT2D eigenvalue weighted by Gasteiger charge is -2.24. The second kappa shape index (κ2) is 6.68. The van der Waals surface area contributed by atoms with E-state index in [0.29, 0.717) is 6.42 Å². The third kappa shape index (κ3) is 3.22.